The van der Waals surface area contributed by atoms with Crippen molar-refractivity contribution >= 4 is 33.0 Å². The predicted octanol–water partition coefficient (Wildman–Crippen LogP) is 3.00. The number of anilines is 2. The average Bonchev–Trinajstić information content (AvgIpc) is 2.36. The number of hydrogen-bond acceptors (Lipinski definition) is 3. The molecule has 0 bridgehead atoms. The molecule has 8 heteroatoms. The highest BCUT2D eigenvalue weighted by molar-refractivity contribution is 7.92. The van der Waals surface area contributed by atoms with Gasteiger partial charge < -0.3 is 5.73 Å². The molecule has 4 nitrogen and oxygen atoms in total. The Balaban J connectivity index is 2.40. The monoisotopic (exact) mass is 318 g/mol. The predicted molar refractivity (Wildman–Crippen MR) is 73.0 cm³/mol. The number of hydrogen-bond donors (Lipinski definition) is 2. The zero-order valence-electron chi connectivity index (χ0n) is 9.90. The van der Waals surface area contributed by atoms with Crippen LogP contribution in [0.3, 0.4) is 0 Å². The second-order valence-electron chi connectivity index (χ2n) is 3.92. The molecule has 0 radical (unpaired) electrons. The van der Waals surface area contributed by atoms with E-state index in [1.165, 1.54) is 6.07 Å². The van der Waals surface area contributed by atoms with Crippen LogP contribution in [0.25, 0.3) is 0 Å². The molecule has 106 valence electrons. The lowest BCUT2D eigenvalue weighted by atomic mass is 10.3. The Hall–Kier alpha value is -1.86. The minimum Gasteiger partial charge on any atom is -0.396 e. The van der Waals surface area contributed by atoms with E-state index in [0.717, 1.165) is 30.3 Å². The molecule has 2 aromatic carbocycles. The summed E-state index contributed by atoms with van der Waals surface area (Å²) < 4.78 is 52.4. The van der Waals surface area contributed by atoms with Gasteiger partial charge in [0.05, 0.1) is 16.4 Å². The summed E-state index contributed by atoms with van der Waals surface area (Å²) in [5.41, 5.74) is 5.17. The van der Waals surface area contributed by atoms with E-state index in [1.807, 2.05) is 0 Å². The summed E-state index contributed by atoms with van der Waals surface area (Å²) in [4.78, 5) is -0.415. The molecule has 0 aromatic heterocycles. The standard InChI is InChI=1S/C12H9ClF2N2O2S/c13-9-3-1-7(14)5-12(9)20(18,19)17-8-2-4-10(15)11(16)6-8/h1-6,17H,16H2. The lowest BCUT2D eigenvalue weighted by molar-refractivity contribution is 0.595. The van der Waals surface area contributed by atoms with Gasteiger partial charge in [-0.25, -0.2) is 17.2 Å². The highest BCUT2D eigenvalue weighted by atomic mass is 35.5. The van der Waals surface area contributed by atoms with Crippen molar-refractivity contribution in [2.24, 2.45) is 0 Å². The molecule has 3 N–H and O–H groups in total. The first-order valence-corrected chi connectivity index (χ1v) is 7.18. The quantitative estimate of drug-likeness (QED) is 0.854. The summed E-state index contributed by atoms with van der Waals surface area (Å²) in [6.45, 7) is 0. The molecule has 0 amide bonds. The molecule has 0 unspecified atom stereocenters. The van der Waals surface area contributed by atoms with Gasteiger partial charge in [0.2, 0.25) is 0 Å². The Morgan fingerprint density at radius 3 is 2.45 bits per heavy atom. The minimum atomic E-state index is -4.10. The Morgan fingerprint density at radius 2 is 1.80 bits per heavy atom. The van der Waals surface area contributed by atoms with E-state index < -0.39 is 26.6 Å². The van der Waals surface area contributed by atoms with Crippen LogP contribution in [0, 0.1) is 11.6 Å². The third kappa shape index (κ3) is 3.00. The van der Waals surface area contributed by atoms with E-state index in [2.05, 4.69) is 4.72 Å². The van der Waals surface area contributed by atoms with Crippen LogP contribution in [0.15, 0.2) is 41.3 Å². The molecule has 0 saturated heterocycles. The van der Waals surface area contributed by atoms with Crippen LogP contribution >= 0.6 is 11.6 Å². The summed E-state index contributed by atoms with van der Waals surface area (Å²) in [7, 11) is -4.10. The first kappa shape index (κ1) is 14.5. The second kappa shape index (κ2) is 5.26. The van der Waals surface area contributed by atoms with Gasteiger partial charge in [0, 0.05) is 0 Å². The maximum Gasteiger partial charge on any atom is 0.263 e. The highest BCUT2D eigenvalue weighted by Gasteiger charge is 2.19. The van der Waals surface area contributed by atoms with E-state index in [1.54, 1.807) is 0 Å². The van der Waals surface area contributed by atoms with Crippen molar-refractivity contribution in [2.75, 3.05) is 10.5 Å². The molecule has 0 aliphatic heterocycles. The van der Waals surface area contributed by atoms with Crippen LogP contribution in [-0.2, 0) is 10.0 Å². The van der Waals surface area contributed by atoms with Crippen LogP contribution in [0.5, 0.6) is 0 Å². The van der Waals surface area contributed by atoms with E-state index in [-0.39, 0.29) is 16.4 Å². The topological polar surface area (TPSA) is 72.2 Å². The van der Waals surface area contributed by atoms with Crippen LogP contribution in [-0.4, -0.2) is 8.42 Å². The molecule has 2 rings (SSSR count). The maximum absolute atomic E-state index is 13.1. The first-order valence-electron chi connectivity index (χ1n) is 5.32. The molecule has 20 heavy (non-hydrogen) atoms. The van der Waals surface area contributed by atoms with Gasteiger partial charge in [-0.1, -0.05) is 11.6 Å². The van der Waals surface area contributed by atoms with Crippen molar-refractivity contribution in [1.29, 1.82) is 0 Å². The molecular formula is C12H9ClF2N2O2S. The van der Waals surface area contributed by atoms with Gasteiger partial charge in [-0.3, -0.25) is 4.72 Å². The Kier molecular flexibility index (Phi) is 3.82. The lowest BCUT2D eigenvalue weighted by Gasteiger charge is -2.10. The zero-order valence-corrected chi connectivity index (χ0v) is 11.5. The van der Waals surface area contributed by atoms with Gasteiger partial charge in [0.25, 0.3) is 10.0 Å². The number of nitrogen functional groups attached to an aromatic ring is 1. The summed E-state index contributed by atoms with van der Waals surface area (Å²) in [5.74, 6) is -1.41. The molecule has 0 atom stereocenters. The summed E-state index contributed by atoms with van der Waals surface area (Å²) >= 11 is 5.73. The number of nitrogens with one attached hydrogen (secondary N) is 1. The van der Waals surface area contributed by atoms with Crippen molar-refractivity contribution in [3.05, 3.63) is 53.1 Å². The van der Waals surface area contributed by atoms with Crippen LogP contribution in [0.4, 0.5) is 20.2 Å². The maximum atomic E-state index is 13.1. The Morgan fingerprint density at radius 1 is 1.10 bits per heavy atom. The fourth-order valence-electron chi connectivity index (χ4n) is 1.50. The van der Waals surface area contributed by atoms with Gasteiger partial charge in [-0.15, -0.1) is 0 Å². The summed E-state index contributed by atoms with van der Waals surface area (Å²) in [6.07, 6.45) is 0. The molecule has 0 spiro atoms. The second-order valence-corrected chi connectivity index (χ2v) is 5.97. The van der Waals surface area contributed by atoms with Crippen molar-refractivity contribution in [3.63, 3.8) is 0 Å². The van der Waals surface area contributed by atoms with Crippen LogP contribution in [0.2, 0.25) is 5.02 Å². The summed E-state index contributed by atoms with van der Waals surface area (Å²) in [5, 5.41) is -0.131. The molecule has 0 fully saturated rings. The van der Waals surface area contributed by atoms with E-state index >= 15 is 0 Å². The zero-order chi connectivity index (χ0) is 14.9. The van der Waals surface area contributed by atoms with Gasteiger partial charge in [0.15, 0.2) is 0 Å². The SMILES string of the molecule is Nc1cc(NS(=O)(=O)c2cc(F)ccc2Cl)ccc1F. The first-order chi connectivity index (χ1) is 9.29. The third-order valence-corrected chi connectivity index (χ3v) is 4.29. The molecule has 0 aliphatic rings. The van der Waals surface area contributed by atoms with Crippen molar-refractivity contribution in [1.82, 2.24) is 0 Å². The van der Waals surface area contributed by atoms with Crippen molar-refractivity contribution in [3.8, 4) is 0 Å². The van der Waals surface area contributed by atoms with E-state index in [9.17, 15) is 17.2 Å². The number of rotatable bonds is 3. The third-order valence-electron chi connectivity index (χ3n) is 2.43. The Bertz CT molecular complexity index is 766. The number of sulfonamides is 1. The molecule has 0 heterocycles. The van der Waals surface area contributed by atoms with Crippen LogP contribution < -0.4 is 10.5 Å². The normalized spacial score (nSPS) is 11.3. The van der Waals surface area contributed by atoms with Crippen molar-refractivity contribution < 1.29 is 17.2 Å². The van der Waals surface area contributed by atoms with Crippen molar-refractivity contribution in [2.45, 2.75) is 4.90 Å². The van der Waals surface area contributed by atoms with Crippen LogP contribution in [0.1, 0.15) is 0 Å². The minimum absolute atomic E-state index is 0.0456. The number of halogens is 3. The fourth-order valence-corrected chi connectivity index (χ4v) is 3.06. The summed E-state index contributed by atoms with van der Waals surface area (Å²) in [6, 6.07) is 6.27. The van der Waals surface area contributed by atoms with E-state index in [4.69, 9.17) is 17.3 Å². The number of nitrogens with two attached hydrogens (primary N) is 1. The highest BCUT2D eigenvalue weighted by Crippen LogP contribution is 2.25. The number of benzene rings is 2. The molecule has 0 saturated carbocycles. The molecule has 2 aromatic rings. The Labute approximate surface area is 119 Å². The average molecular weight is 319 g/mol. The molecule has 0 aliphatic carbocycles. The van der Waals surface area contributed by atoms with E-state index in [0.29, 0.717) is 0 Å². The largest absolute Gasteiger partial charge is 0.396 e. The molecular weight excluding hydrogens is 310 g/mol. The smallest absolute Gasteiger partial charge is 0.263 e. The van der Waals surface area contributed by atoms with Gasteiger partial charge in [-0.05, 0) is 36.4 Å². The lowest BCUT2D eigenvalue weighted by Crippen LogP contribution is -2.14. The van der Waals surface area contributed by atoms with Gasteiger partial charge >= 0.3 is 0 Å². The van der Waals surface area contributed by atoms with Gasteiger partial charge in [0.1, 0.15) is 16.5 Å². The van der Waals surface area contributed by atoms with Gasteiger partial charge in [-0.2, -0.15) is 0 Å². The fraction of sp³-hybridized carbons (Fsp3) is 0.